The van der Waals surface area contributed by atoms with Crippen LogP contribution in [0.4, 0.5) is 5.69 Å². The van der Waals surface area contributed by atoms with Gasteiger partial charge in [-0.25, -0.2) is 13.1 Å². The van der Waals surface area contributed by atoms with E-state index in [0.717, 1.165) is 12.8 Å². The molecule has 0 heterocycles. The summed E-state index contributed by atoms with van der Waals surface area (Å²) in [7, 11) is -2.21. The number of amides is 1. The van der Waals surface area contributed by atoms with Crippen molar-refractivity contribution in [3.8, 4) is 5.75 Å². The van der Waals surface area contributed by atoms with Crippen LogP contribution in [0.3, 0.4) is 0 Å². The van der Waals surface area contributed by atoms with Crippen molar-refractivity contribution >= 4 is 21.6 Å². The predicted molar refractivity (Wildman–Crippen MR) is 103 cm³/mol. The second-order valence-corrected chi connectivity index (χ2v) is 8.49. The standard InChI is InChI=1S/C19H23N3O4S/c1-19(20,13-6-4-3-5-7-13)18(23)21-16-12-15(10-11-17(16)26-2)27(24,25)22-14-8-9-14/h3-7,10-12,14,22H,8-9,20H2,1-2H3,(H,21,23). The molecule has 8 heteroatoms. The summed E-state index contributed by atoms with van der Waals surface area (Å²) < 4.78 is 32.8. The summed E-state index contributed by atoms with van der Waals surface area (Å²) in [6.45, 7) is 1.60. The summed E-state index contributed by atoms with van der Waals surface area (Å²) in [6.07, 6.45) is 1.67. The zero-order valence-electron chi connectivity index (χ0n) is 15.2. The number of carbonyl (C=O) groups excluding carboxylic acids is 1. The molecule has 1 saturated carbocycles. The number of anilines is 1. The summed E-state index contributed by atoms with van der Waals surface area (Å²) in [5.74, 6) is -0.130. The fraction of sp³-hybridized carbons (Fsp3) is 0.316. The SMILES string of the molecule is COc1ccc(S(=O)(=O)NC2CC2)cc1NC(=O)C(C)(N)c1ccccc1. The fourth-order valence-corrected chi connectivity index (χ4v) is 3.94. The van der Waals surface area contributed by atoms with E-state index in [0.29, 0.717) is 11.3 Å². The molecule has 0 saturated heterocycles. The van der Waals surface area contributed by atoms with Crippen molar-refractivity contribution in [2.24, 2.45) is 5.73 Å². The van der Waals surface area contributed by atoms with Crippen LogP contribution in [-0.4, -0.2) is 27.5 Å². The van der Waals surface area contributed by atoms with Gasteiger partial charge in [0.15, 0.2) is 0 Å². The maximum absolute atomic E-state index is 12.8. The van der Waals surface area contributed by atoms with E-state index in [-0.39, 0.29) is 16.6 Å². The van der Waals surface area contributed by atoms with Crippen LogP contribution >= 0.6 is 0 Å². The maximum atomic E-state index is 12.8. The summed E-state index contributed by atoms with van der Waals surface area (Å²) in [5, 5.41) is 2.70. The molecule has 1 fully saturated rings. The minimum Gasteiger partial charge on any atom is -0.495 e. The Bertz CT molecular complexity index is 939. The van der Waals surface area contributed by atoms with Crippen LogP contribution in [0.1, 0.15) is 25.3 Å². The van der Waals surface area contributed by atoms with Gasteiger partial charge in [0.1, 0.15) is 11.3 Å². The number of carbonyl (C=O) groups is 1. The zero-order valence-corrected chi connectivity index (χ0v) is 16.0. The van der Waals surface area contributed by atoms with Gasteiger partial charge in [0, 0.05) is 6.04 Å². The van der Waals surface area contributed by atoms with Gasteiger partial charge in [-0.3, -0.25) is 4.79 Å². The molecule has 144 valence electrons. The van der Waals surface area contributed by atoms with Gasteiger partial charge in [0.25, 0.3) is 0 Å². The number of hydrogen-bond acceptors (Lipinski definition) is 5. The van der Waals surface area contributed by atoms with Crippen LogP contribution in [0.2, 0.25) is 0 Å². The van der Waals surface area contributed by atoms with Gasteiger partial charge in [-0.1, -0.05) is 30.3 Å². The van der Waals surface area contributed by atoms with Crippen molar-refractivity contribution < 1.29 is 17.9 Å². The molecule has 1 atom stereocenters. The van der Waals surface area contributed by atoms with Crippen molar-refractivity contribution in [2.75, 3.05) is 12.4 Å². The maximum Gasteiger partial charge on any atom is 0.248 e. The summed E-state index contributed by atoms with van der Waals surface area (Å²) in [4.78, 5) is 12.9. The highest BCUT2D eigenvalue weighted by atomic mass is 32.2. The van der Waals surface area contributed by atoms with Crippen LogP contribution in [-0.2, 0) is 20.4 Å². The molecule has 0 radical (unpaired) electrons. The van der Waals surface area contributed by atoms with E-state index in [1.165, 1.54) is 25.3 Å². The van der Waals surface area contributed by atoms with Gasteiger partial charge in [0.05, 0.1) is 17.7 Å². The van der Waals surface area contributed by atoms with Crippen LogP contribution in [0.15, 0.2) is 53.4 Å². The number of hydrogen-bond donors (Lipinski definition) is 3. The first-order chi connectivity index (χ1) is 12.7. The Morgan fingerprint density at radius 1 is 1.19 bits per heavy atom. The third-order valence-electron chi connectivity index (χ3n) is 4.47. The summed E-state index contributed by atoms with van der Waals surface area (Å²) in [5.41, 5.74) is 5.82. The van der Waals surface area contributed by atoms with Gasteiger partial charge in [-0.15, -0.1) is 0 Å². The molecule has 2 aromatic rings. The van der Waals surface area contributed by atoms with Crippen molar-refractivity contribution in [1.29, 1.82) is 0 Å². The average molecular weight is 389 g/mol. The van der Waals surface area contributed by atoms with E-state index in [2.05, 4.69) is 10.0 Å². The fourth-order valence-electron chi connectivity index (χ4n) is 2.61. The van der Waals surface area contributed by atoms with Gasteiger partial charge < -0.3 is 15.8 Å². The van der Waals surface area contributed by atoms with Crippen LogP contribution in [0.25, 0.3) is 0 Å². The molecule has 27 heavy (non-hydrogen) atoms. The molecule has 0 spiro atoms. The Hall–Kier alpha value is -2.42. The third-order valence-corrected chi connectivity index (χ3v) is 5.99. The van der Waals surface area contributed by atoms with Gasteiger partial charge in [0.2, 0.25) is 15.9 Å². The summed E-state index contributed by atoms with van der Waals surface area (Å²) in [6, 6.07) is 13.3. The highest BCUT2D eigenvalue weighted by molar-refractivity contribution is 7.89. The molecular weight excluding hydrogens is 366 g/mol. The Morgan fingerprint density at radius 2 is 1.85 bits per heavy atom. The van der Waals surface area contributed by atoms with Crippen LogP contribution in [0, 0.1) is 0 Å². The lowest BCUT2D eigenvalue weighted by molar-refractivity contribution is -0.120. The molecule has 1 aliphatic rings. The number of rotatable bonds is 7. The smallest absolute Gasteiger partial charge is 0.248 e. The Morgan fingerprint density at radius 3 is 2.44 bits per heavy atom. The van der Waals surface area contributed by atoms with Gasteiger partial charge in [-0.05, 0) is 43.5 Å². The second kappa shape index (κ2) is 7.30. The molecule has 0 aromatic heterocycles. The average Bonchev–Trinajstić information content (AvgIpc) is 3.45. The Balaban J connectivity index is 1.88. The van der Waals surface area contributed by atoms with Crippen molar-refractivity contribution in [3.05, 3.63) is 54.1 Å². The topological polar surface area (TPSA) is 111 Å². The second-order valence-electron chi connectivity index (χ2n) is 6.78. The van der Waals surface area contributed by atoms with Gasteiger partial charge in [-0.2, -0.15) is 0 Å². The molecule has 2 aromatic carbocycles. The lowest BCUT2D eigenvalue weighted by Gasteiger charge is -2.24. The first-order valence-corrected chi connectivity index (χ1v) is 10.1. The molecule has 1 unspecified atom stereocenters. The molecule has 0 aliphatic heterocycles. The van der Waals surface area contributed by atoms with E-state index < -0.39 is 21.5 Å². The largest absolute Gasteiger partial charge is 0.495 e. The quantitative estimate of drug-likeness (QED) is 0.670. The number of sulfonamides is 1. The van der Waals surface area contributed by atoms with E-state index in [9.17, 15) is 13.2 Å². The Kier molecular flexibility index (Phi) is 5.23. The number of benzene rings is 2. The number of ether oxygens (including phenoxy) is 1. The minimum atomic E-state index is -3.66. The molecular formula is C19H23N3O4S. The highest BCUT2D eigenvalue weighted by Crippen LogP contribution is 2.30. The Labute approximate surface area is 159 Å². The predicted octanol–water partition coefficient (Wildman–Crippen LogP) is 1.95. The molecule has 1 amide bonds. The van der Waals surface area contributed by atoms with Crippen LogP contribution < -0.4 is 20.5 Å². The van der Waals surface area contributed by atoms with Crippen LogP contribution in [0.5, 0.6) is 5.75 Å². The number of nitrogens with two attached hydrogens (primary N) is 1. The lowest BCUT2D eigenvalue weighted by atomic mass is 9.92. The molecule has 4 N–H and O–H groups in total. The normalized spacial score (nSPS) is 16.4. The van der Waals surface area contributed by atoms with Gasteiger partial charge >= 0.3 is 0 Å². The zero-order chi connectivity index (χ0) is 19.7. The molecule has 7 nitrogen and oxygen atoms in total. The van der Waals surface area contributed by atoms with E-state index >= 15 is 0 Å². The van der Waals surface area contributed by atoms with Crippen molar-refractivity contribution in [1.82, 2.24) is 4.72 Å². The number of methoxy groups -OCH3 is 1. The van der Waals surface area contributed by atoms with E-state index in [1.54, 1.807) is 31.2 Å². The highest BCUT2D eigenvalue weighted by Gasteiger charge is 2.32. The van der Waals surface area contributed by atoms with E-state index in [4.69, 9.17) is 10.5 Å². The number of nitrogens with one attached hydrogen (secondary N) is 2. The van der Waals surface area contributed by atoms with E-state index in [1.807, 2.05) is 6.07 Å². The summed E-state index contributed by atoms with van der Waals surface area (Å²) >= 11 is 0. The third kappa shape index (κ3) is 4.29. The first kappa shape index (κ1) is 19.3. The lowest BCUT2D eigenvalue weighted by Crippen LogP contribution is -2.45. The first-order valence-electron chi connectivity index (χ1n) is 8.60. The monoisotopic (exact) mass is 389 g/mol. The molecule has 0 bridgehead atoms. The van der Waals surface area contributed by atoms with Crippen molar-refractivity contribution in [2.45, 2.75) is 36.2 Å². The molecule has 3 rings (SSSR count). The van der Waals surface area contributed by atoms with Crippen molar-refractivity contribution in [3.63, 3.8) is 0 Å². The molecule has 1 aliphatic carbocycles. The minimum absolute atomic E-state index is 0.0134.